The summed E-state index contributed by atoms with van der Waals surface area (Å²) in [6.45, 7) is 2.00. The van der Waals surface area contributed by atoms with E-state index in [-0.39, 0.29) is 0 Å². The minimum absolute atomic E-state index is 0.488. The van der Waals surface area contributed by atoms with Gasteiger partial charge in [0.2, 0.25) is 5.75 Å². The summed E-state index contributed by atoms with van der Waals surface area (Å²) in [5.41, 5.74) is 9.72. The van der Waals surface area contributed by atoms with Crippen LogP contribution in [0.15, 0.2) is 30.3 Å². The van der Waals surface area contributed by atoms with Gasteiger partial charge in [-0.25, -0.2) is 4.98 Å². The molecule has 0 atom stereocenters. The summed E-state index contributed by atoms with van der Waals surface area (Å²) in [5, 5.41) is 0.488. The van der Waals surface area contributed by atoms with Crippen molar-refractivity contribution in [2.75, 3.05) is 34.2 Å². The normalized spacial score (nSPS) is 10.6. The van der Waals surface area contributed by atoms with Gasteiger partial charge < -0.3 is 24.7 Å². The zero-order valence-electron chi connectivity index (χ0n) is 16.0. The number of ether oxygens (including phenoxy) is 4. The Morgan fingerprint density at radius 2 is 1.44 bits per heavy atom. The van der Waals surface area contributed by atoms with Crippen LogP contribution in [0.4, 0.5) is 5.13 Å². The Morgan fingerprint density at radius 1 is 0.815 bits per heavy atom. The van der Waals surface area contributed by atoms with Crippen LogP contribution in [0.25, 0.3) is 21.7 Å². The number of aromatic nitrogens is 1. The molecule has 3 rings (SSSR count). The molecule has 0 aliphatic heterocycles. The molecule has 0 radical (unpaired) electrons. The van der Waals surface area contributed by atoms with E-state index >= 15 is 0 Å². The number of rotatable bonds is 6. The molecule has 1 heterocycles. The standard InChI is InChI=1S/C20H22N2O4S/c1-11-8-12(6-7-14(11)23-2)17-19(27-20(21)22-17)13-9-15(24-3)18(26-5)16(10-13)25-4/h6-10H,1-5H3,(H2,21,22). The first-order chi connectivity index (χ1) is 13.0. The average Bonchev–Trinajstić information content (AvgIpc) is 3.08. The van der Waals surface area contributed by atoms with Crippen molar-refractivity contribution in [3.8, 4) is 44.7 Å². The van der Waals surface area contributed by atoms with E-state index in [0.29, 0.717) is 22.4 Å². The highest BCUT2D eigenvalue weighted by Gasteiger charge is 2.19. The van der Waals surface area contributed by atoms with Crippen LogP contribution >= 0.6 is 11.3 Å². The highest BCUT2D eigenvalue weighted by molar-refractivity contribution is 7.19. The van der Waals surface area contributed by atoms with Crippen molar-refractivity contribution in [2.45, 2.75) is 6.92 Å². The molecule has 0 saturated heterocycles. The largest absolute Gasteiger partial charge is 0.496 e. The minimum atomic E-state index is 0.488. The second kappa shape index (κ2) is 7.75. The predicted octanol–water partition coefficient (Wildman–Crippen LogP) is 4.40. The van der Waals surface area contributed by atoms with Crippen LogP contribution in [0.1, 0.15) is 5.56 Å². The Bertz CT molecular complexity index is 944. The number of benzene rings is 2. The van der Waals surface area contributed by atoms with Gasteiger partial charge in [0.25, 0.3) is 0 Å². The van der Waals surface area contributed by atoms with Crippen LogP contribution in [-0.2, 0) is 0 Å². The third-order valence-electron chi connectivity index (χ3n) is 4.24. The van der Waals surface area contributed by atoms with E-state index in [0.717, 1.165) is 33.0 Å². The summed E-state index contributed by atoms with van der Waals surface area (Å²) in [4.78, 5) is 5.48. The summed E-state index contributed by atoms with van der Waals surface area (Å²) in [6.07, 6.45) is 0. The molecule has 0 saturated carbocycles. The fraction of sp³-hybridized carbons (Fsp3) is 0.250. The summed E-state index contributed by atoms with van der Waals surface area (Å²) < 4.78 is 21.7. The first-order valence-electron chi connectivity index (χ1n) is 8.24. The topological polar surface area (TPSA) is 75.8 Å². The molecule has 7 heteroatoms. The van der Waals surface area contributed by atoms with Crippen molar-refractivity contribution < 1.29 is 18.9 Å². The molecule has 27 heavy (non-hydrogen) atoms. The van der Waals surface area contributed by atoms with Crippen molar-refractivity contribution in [2.24, 2.45) is 0 Å². The molecule has 2 aromatic carbocycles. The number of nitrogens with zero attached hydrogens (tertiary/aromatic N) is 1. The van der Waals surface area contributed by atoms with E-state index in [1.807, 2.05) is 37.3 Å². The molecular weight excluding hydrogens is 364 g/mol. The molecule has 0 aliphatic carbocycles. The number of nitrogen functional groups attached to an aromatic ring is 1. The lowest BCUT2D eigenvalue weighted by molar-refractivity contribution is 0.324. The van der Waals surface area contributed by atoms with Crippen molar-refractivity contribution >= 4 is 16.5 Å². The SMILES string of the molecule is COc1ccc(-c2nc(N)sc2-c2cc(OC)c(OC)c(OC)c2)cc1C. The van der Waals surface area contributed by atoms with Gasteiger partial charge in [-0.2, -0.15) is 0 Å². The van der Waals surface area contributed by atoms with Gasteiger partial charge >= 0.3 is 0 Å². The molecule has 0 bridgehead atoms. The molecule has 0 aliphatic rings. The smallest absolute Gasteiger partial charge is 0.203 e. The highest BCUT2D eigenvalue weighted by atomic mass is 32.1. The zero-order chi connectivity index (χ0) is 19.6. The summed E-state index contributed by atoms with van der Waals surface area (Å²) in [7, 11) is 6.42. The quantitative estimate of drug-likeness (QED) is 0.677. The molecule has 1 aromatic heterocycles. The van der Waals surface area contributed by atoms with E-state index in [9.17, 15) is 0 Å². The van der Waals surface area contributed by atoms with E-state index in [2.05, 4.69) is 4.98 Å². The highest BCUT2D eigenvalue weighted by Crippen LogP contribution is 2.45. The Hall–Kier alpha value is -2.93. The van der Waals surface area contributed by atoms with E-state index in [1.54, 1.807) is 28.4 Å². The van der Waals surface area contributed by atoms with Crippen LogP contribution in [0, 0.1) is 6.92 Å². The molecule has 3 aromatic rings. The third-order valence-corrected chi connectivity index (χ3v) is 5.17. The van der Waals surface area contributed by atoms with Gasteiger partial charge in [0.05, 0.1) is 39.0 Å². The van der Waals surface area contributed by atoms with Gasteiger partial charge in [0.1, 0.15) is 5.75 Å². The molecular formula is C20H22N2O4S. The lowest BCUT2D eigenvalue weighted by atomic mass is 10.0. The van der Waals surface area contributed by atoms with Crippen molar-refractivity contribution in [1.82, 2.24) is 4.98 Å². The number of hydrogen-bond acceptors (Lipinski definition) is 7. The fourth-order valence-electron chi connectivity index (χ4n) is 2.97. The maximum atomic E-state index is 6.04. The monoisotopic (exact) mass is 386 g/mol. The zero-order valence-corrected chi connectivity index (χ0v) is 16.8. The Kier molecular flexibility index (Phi) is 5.41. The third kappa shape index (κ3) is 3.50. The molecule has 0 spiro atoms. The number of anilines is 1. The first kappa shape index (κ1) is 18.8. The molecule has 2 N–H and O–H groups in total. The minimum Gasteiger partial charge on any atom is -0.496 e. The Balaban J connectivity index is 2.18. The average molecular weight is 386 g/mol. The number of methoxy groups -OCH3 is 4. The molecule has 0 amide bonds. The lowest BCUT2D eigenvalue weighted by Gasteiger charge is -2.14. The van der Waals surface area contributed by atoms with Crippen LogP contribution in [0.3, 0.4) is 0 Å². The van der Waals surface area contributed by atoms with Crippen molar-refractivity contribution in [3.63, 3.8) is 0 Å². The van der Waals surface area contributed by atoms with Gasteiger partial charge in [-0.3, -0.25) is 0 Å². The number of thiazole rings is 1. The second-order valence-electron chi connectivity index (χ2n) is 5.83. The molecule has 0 unspecified atom stereocenters. The maximum absolute atomic E-state index is 6.04. The van der Waals surface area contributed by atoms with Gasteiger partial charge in [-0.1, -0.05) is 11.3 Å². The van der Waals surface area contributed by atoms with Crippen LogP contribution in [0.5, 0.6) is 23.0 Å². The van der Waals surface area contributed by atoms with Crippen LogP contribution < -0.4 is 24.7 Å². The van der Waals surface area contributed by atoms with E-state index in [4.69, 9.17) is 24.7 Å². The van der Waals surface area contributed by atoms with Gasteiger partial charge in [0.15, 0.2) is 16.6 Å². The maximum Gasteiger partial charge on any atom is 0.203 e. The van der Waals surface area contributed by atoms with E-state index in [1.165, 1.54) is 11.3 Å². The Morgan fingerprint density at radius 3 is 1.96 bits per heavy atom. The lowest BCUT2D eigenvalue weighted by Crippen LogP contribution is -1.95. The van der Waals surface area contributed by atoms with Crippen LogP contribution in [-0.4, -0.2) is 33.4 Å². The molecule has 6 nitrogen and oxygen atoms in total. The Labute approximate surface area is 162 Å². The first-order valence-corrected chi connectivity index (χ1v) is 9.05. The van der Waals surface area contributed by atoms with Gasteiger partial charge in [0, 0.05) is 11.1 Å². The van der Waals surface area contributed by atoms with E-state index < -0.39 is 0 Å². The number of hydrogen-bond donors (Lipinski definition) is 1. The predicted molar refractivity (Wildman–Crippen MR) is 108 cm³/mol. The van der Waals surface area contributed by atoms with Crippen molar-refractivity contribution in [1.29, 1.82) is 0 Å². The number of nitrogens with two attached hydrogens (primary N) is 1. The van der Waals surface area contributed by atoms with Crippen molar-refractivity contribution in [3.05, 3.63) is 35.9 Å². The number of aryl methyl sites for hydroxylation is 1. The fourth-order valence-corrected chi connectivity index (χ4v) is 3.81. The van der Waals surface area contributed by atoms with Crippen LogP contribution in [0.2, 0.25) is 0 Å². The van der Waals surface area contributed by atoms with Gasteiger partial charge in [-0.05, 0) is 42.8 Å². The van der Waals surface area contributed by atoms with Gasteiger partial charge in [-0.15, -0.1) is 0 Å². The summed E-state index contributed by atoms with van der Waals surface area (Å²) in [6, 6.07) is 9.73. The molecule has 142 valence electrons. The summed E-state index contributed by atoms with van der Waals surface area (Å²) >= 11 is 1.41. The summed E-state index contributed by atoms with van der Waals surface area (Å²) in [5.74, 6) is 2.53. The second-order valence-corrected chi connectivity index (χ2v) is 6.86. The molecule has 0 fully saturated rings.